The van der Waals surface area contributed by atoms with Gasteiger partial charge in [0.1, 0.15) is 10.6 Å². The van der Waals surface area contributed by atoms with Gasteiger partial charge in [-0.15, -0.1) is 0 Å². The predicted molar refractivity (Wildman–Crippen MR) is 83.3 cm³/mol. The van der Waals surface area contributed by atoms with Gasteiger partial charge in [0.25, 0.3) is 0 Å². The van der Waals surface area contributed by atoms with Gasteiger partial charge in [-0.05, 0) is 37.5 Å². The van der Waals surface area contributed by atoms with Gasteiger partial charge in [-0.3, -0.25) is 4.79 Å². The Morgan fingerprint density at radius 2 is 2.14 bits per heavy atom. The zero-order valence-corrected chi connectivity index (χ0v) is 13.9. The molecule has 1 aliphatic heterocycles. The first-order valence-electron chi connectivity index (χ1n) is 7.26. The number of piperidine rings is 1. The van der Waals surface area contributed by atoms with Gasteiger partial charge >= 0.3 is 0 Å². The highest BCUT2D eigenvalue weighted by molar-refractivity contribution is 7.89. The van der Waals surface area contributed by atoms with Gasteiger partial charge in [-0.25, -0.2) is 8.42 Å². The van der Waals surface area contributed by atoms with E-state index in [1.165, 1.54) is 11.4 Å². The normalized spacial score (nSPS) is 19.7. The zero-order chi connectivity index (χ0) is 16.3. The third-order valence-electron chi connectivity index (χ3n) is 3.94. The summed E-state index contributed by atoms with van der Waals surface area (Å²) in [4.78, 5) is 12.0. The highest BCUT2D eigenvalue weighted by atomic mass is 32.2. The van der Waals surface area contributed by atoms with Crippen LogP contribution in [0.3, 0.4) is 0 Å². The Kier molecular flexibility index (Phi) is 5.08. The molecule has 22 heavy (non-hydrogen) atoms. The topological polar surface area (TPSA) is 75.7 Å². The lowest BCUT2D eigenvalue weighted by molar-refractivity contribution is -0.125. The molecule has 1 heterocycles. The summed E-state index contributed by atoms with van der Waals surface area (Å²) in [7, 11) is -0.653. The number of amides is 1. The average Bonchev–Trinajstić information content (AvgIpc) is 2.54. The van der Waals surface area contributed by atoms with Crippen LogP contribution in [0.4, 0.5) is 0 Å². The van der Waals surface area contributed by atoms with Crippen LogP contribution in [0, 0.1) is 12.8 Å². The van der Waals surface area contributed by atoms with Crippen LogP contribution < -0.4 is 10.1 Å². The molecule has 0 unspecified atom stereocenters. The van der Waals surface area contributed by atoms with E-state index in [0.717, 1.165) is 5.56 Å². The molecular weight excluding hydrogens is 304 g/mol. The van der Waals surface area contributed by atoms with E-state index in [-0.39, 0.29) is 23.3 Å². The molecule has 0 aromatic heterocycles. The van der Waals surface area contributed by atoms with E-state index in [9.17, 15) is 13.2 Å². The number of rotatable bonds is 4. The number of hydrogen-bond acceptors (Lipinski definition) is 4. The summed E-state index contributed by atoms with van der Waals surface area (Å²) in [6.07, 6.45) is 1.38. The highest BCUT2D eigenvalue weighted by Crippen LogP contribution is 2.30. The summed E-state index contributed by atoms with van der Waals surface area (Å²) in [6, 6.07) is 5.07. The summed E-state index contributed by atoms with van der Waals surface area (Å²) < 4.78 is 32.4. The Balaban J connectivity index is 2.34. The number of nitrogens with zero attached hydrogens (tertiary/aromatic N) is 1. The van der Waals surface area contributed by atoms with Gasteiger partial charge in [-0.1, -0.05) is 6.07 Å². The molecule has 1 aromatic carbocycles. The fraction of sp³-hybridized carbons (Fsp3) is 0.533. The van der Waals surface area contributed by atoms with Gasteiger partial charge < -0.3 is 10.1 Å². The second-order valence-corrected chi connectivity index (χ2v) is 7.38. The zero-order valence-electron chi connectivity index (χ0n) is 13.1. The Morgan fingerprint density at radius 3 is 2.77 bits per heavy atom. The Bertz CT molecular complexity index is 658. The maximum atomic E-state index is 12.9. The first-order valence-corrected chi connectivity index (χ1v) is 8.70. The van der Waals surface area contributed by atoms with Crippen LogP contribution in [0.1, 0.15) is 18.4 Å². The molecule has 122 valence electrons. The molecule has 1 aliphatic rings. The number of aryl methyl sites for hydroxylation is 1. The Labute approximate surface area is 131 Å². The van der Waals surface area contributed by atoms with E-state index < -0.39 is 10.0 Å². The summed E-state index contributed by atoms with van der Waals surface area (Å²) >= 11 is 0. The molecular formula is C15H22N2O4S. The summed E-state index contributed by atoms with van der Waals surface area (Å²) in [5, 5.41) is 2.59. The van der Waals surface area contributed by atoms with Crippen molar-refractivity contribution in [3.05, 3.63) is 23.8 Å². The molecule has 0 radical (unpaired) electrons. The van der Waals surface area contributed by atoms with Crippen LogP contribution in [-0.4, -0.2) is 45.9 Å². The van der Waals surface area contributed by atoms with Crippen molar-refractivity contribution >= 4 is 15.9 Å². The third kappa shape index (κ3) is 3.25. The van der Waals surface area contributed by atoms with E-state index in [1.54, 1.807) is 25.2 Å². The maximum absolute atomic E-state index is 12.9. The fourth-order valence-electron chi connectivity index (χ4n) is 2.70. The fourth-order valence-corrected chi connectivity index (χ4v) is 4.47. The van der Waals surface area contributed by atoms with Crippen molar-refractivity contribution in [3.8, 4) is 5.75 Å². The monoisotopic (exact) mass is 326 g/mol. The number of benzene rings is 1. The second-order valence-electron chi connectivity index (χ2n) is 5.47. The van der Waals surface area contributed by atoms with E-state index in [1.807, 2.05) is 6.92 Å². The third-order valence-corrected chi connectivity index (χ3v) is 5.82. The molecule has 1 fully saturated rings. The molecule has 2 rings (SSSR count). The first-order chi connectivity index (χ1) is 10.4. The van der Waals surface area contributed by atoms with Crippen LogP contribution in [0.5, 0.6) is 5.75 Å². The largest absolute Gasteiger partial charge is 0.495 e. The molecule has 1 atom stereocenters. The summed E-state index contributed by atoms with van der Waals surface area (Å²) in [5.41, 5.74) is 0.847. The minimum Gasteiger partial charge on any atom is -0.495 e. The van der Waals surface area contributed by atoms with Crippen LogP contribution in [0.15, 0.2) is 23.1 Å². The minimum atomic E-state index is -3.67. The molecule has 1 amide bonds. The van der Waals surface area contributed by atoms with E-state index in [0.29, 0.717) is 25.1 Å². The predicted octanol–water partition coefficient (Wildman–Crippen LogP) is 1.15. The van der Waals surface area contributed by atoms with Gasteiger partial charge in [0.2, 0.25) is 15.9 Å². The lowest BCUT2D eigenvalue weighted by atomic mass is 9.99. The van der Waals surface area contributed by atoms with Crippen LogP contribution in [0.2, 0.25) is 0 Å². The van der Waals surface area contributed by atoms with Crippen molar-refractivity contribution in [2.75, 3.05) is 27.2 Å². The number of carbonyl (C=O) groups is 1. The standard InChI is InChI=1S/C15H22N2O4S/c1-11-6-7-13(21-3)14(9-11)22(19,20)17-8-4-5-12(10-17)15(18)16-2/h6-7,9,12H,4-5,8,10H2,1-3H3,(H,16,18)/t12-/m1/s1. The lowest BCUT2D eigenvalue weighted by Gasteiger charge is -2.31. The molecule has 1 N–H and O–H groups in total. The molecule has 0 bridgehead atoms. The lowest BCUT2D eigenvalue weighted by Crippen LogP contribution is -2.44. The van der Waals surface area contributed by atoms with Crippen LogP contribution >= 0.6 is 0 Å². The van der Waals surface area contributed by atoms with Crippen molar-refractivity contribution in [2.45, 2.75) is 24.7 Å². The summed E-state index contributed by atoms with van der Waals surface area (Å²) in [5.74, 6) is -0.0897. The van der Waals surface area contributed by atoms with Gasteiger partial charge in [-0.2, -0.15) is 4.31 Å². The van der Waals surface area contributed by atoms with E-state index in [2.05, 4.69) is 5.32 Å². The Morgan fingerprint density at radius 1 is 1.41 bits per heavy atom. The molecule has 1 aromatic rings. The molecule has 0 saturated carbocycles. The van der Waals surface area contributed by atoms with Crippen molar-refractivity contribution in [1.82, 2.24) is 9.62 Å². The maximum Gasteiger partial charge on any atom is 0.246 e. The van der Waals surface area contributed by atoms with Crippen LogP contribution in [-0.2, 0) is 14.8 Å². The minimum absolute atomic E-state index is 0.115. The SMILES string of the molecule is CNC(=O)[C@@H]1CCCN(S(=O)(=O)c2cc(C)ccc2OC)C1. The number of hydrogen-bond donors (Lipinski definition) is 1. The smallest absolute Gasteiger partial charge is 0.246 e. The number of methoxy groups -OCH3 is 1. The van der Waals surface area contributed by atoms with Gasteiger partial charge in [0, 0.05) is 20.1 Å². The van der Waals surface area contributed by atoms with Crippen molar-refractivity contribution in [2.24, 2.45) is 5.92 Å². The van der Waals surface area contributed by atoms with Gasteiger partial charge in [0.05, 0.1) is 13.0 Å². The average molecular weight is 326 g/mol. The van der Waals surface area contributed by atoms with Gasteiger partial charge in [0.15, 0.2) is 0 Å². The second kappa shape index (κ2) is 6.66. The molecule has 7 heteroatoms. The Hall–Kier alpha value is -1.60. The first kappa shape index (κ1) is 16.8. The molecule has 0 aliphatic carbocycles. The van der Waals surface area contributed by atoms with Crippen molar-refractivity contribution in [3.63, 3.8) is 0 Å². The van der Waals surface area contributed by atoms with E-state index >= 15 is 0 Å². The van der Waals surface area contributed by atoms with Crippen molar-refractivity contribution in [1.29, 1.82) is 0 Å². The molecule has 6 nitrogen and oxygen atoms in total. The number of sulfonamides is 1. The molecule has 1 saturated heterocycles. The highest BCUT2D eigenvalue weighted by Gasteiger charge is 2.34. The number of nitrogens with one attached hydrogen (secondary N) is 1. The molecule has 0 spiro atoms. The van der Waals surface area contributed by atoms with E-state index in [4.69, 9.17) is 4.74 Å². The summed E-state index contributed by atoms with van der Waals surface area (Å²) in [6.45, 7) is 2.47. The number of carbonyl (C=O) groups excluding carboxylic acids is 1. The number of ether oxygens (including phenoxy) is 1. The van der Waals surface area contributed by atoms with Crippen LogP contribution in [0.25, 0.3) is 0 Å². The van der Waals surface area contributed by atoms with Crippen molar-refractivity contribution < 1.29 is 17.9 Å². The quantitative estimate of drug-likeness (QED) is 0.900.